The Labute approximate surface area is 114 Å². The molecule has 0 bridgehead atoms. The van der Waals surface area contributed by atoms with Crippen molar-refractivity contribution in [3.05, 3.63) is 29.8 Å². The first-order chi connectivity index (χ1) is 9.15. The number of benzene rings is 1. The van der Waals surface area contributed by atoms with Gasteiger partial charge in [-0.15, -0.1) is 0 Å². The lowest BCUT2D eigenvalue weighted by molar-refractivity contribution is -0.127. The zero-order valence-corrected chi connectivity index (χ0v) is 11.5. The first kappa shape index (κ1) is 13.9. The van der Waals surface area contributed by atoms with E-state index in [-0.39, 0.29) is 12.0 Å². The molecule has 1 aliphatic rings. The molecule has 1 aromatic rings. The van der Waals surface area contributed by atoms with E-state index in [2.05, 4.69) is 5.32 Å². The van der Waals surface area contributed by atoms with Crippen molar-refractivity contribution in [1.29, 1.82) is 0 Å². The van der Waals surface area contributed by atoms with Gasteiger partial charge >= 0.3 is 0 Å². The Morgan fingerprint density at radius 2 is 2.21 bits per heavy atom. The van der Waals surface area contributed by atoms with E-state index < -0.39 is 6.10 Å². The molecule has 1 heterocycles. The van der Waals surface area contributed by atoms with Crippen LogP contribution in [-0.2, 0) is 9.53 Å². The number of amides is 1. The van der Waals surface area contributed by atoms with Crippen molar-refractivity contribution in [2.24, 2.45) is 0 Å². The van der Waals surface area contributed by atoms with Gasteiger partial charge in [-0.2, -0.15) is 0 Å². The molecule has 0 unspecified atom stereocenters. The number of aryl methyl sites for hydroxylation is 1. The molecule has 1 aromatic carbocycles. The number of hydrogen-bond donors (Lipinski definition) is 1. The van der Waals surface area contributed by atoms with E-state index >= 15 is 0 Å². The molecule has 1 fully saturated rings. The summed E-state index contributed by atoms with van der Waals surface area (Å²) in [5.74, 6) is 0.612. The Hall–Kier alpha value is -1.55. The summed E-state index contributed by atoms with van der Waals surface area (Å²) in [6.07, 6.45) is 1.77. The Morgan fingerprint density at radius 3 is 2.84 bits per heavy atom. The quantitative estimate of drug-likeness (QED) is 0.884. The van der Waals surface area contributed by atoms with Crippen LogP contribution >= 0.6 is 0 Å². The van der Waals surface area contributed by atoms with E-state index in [4.69, 9.17) is 9.47 Å². The Balaban J connectivity index is 1.76. The predicted octanol–water partition coefficient (Wildman–Crippen LogP) is 2.06. The molecule has 0 radical (unpaired) electrons. The normalized spacial score (nSPS) is 20.0. The molecule has 0 saturated carbocycles. The molecule has 1 amide bonds. The number of hydrogen-bond acceptors (Lipinski definition) is 3. The SMILES string of the molecule is Cc1ccc(O[C@H](C)C(=O)NC[C@@H]2CCCO2)cc1. The minimum atomic E-state index is -0.496. The summed E-state index contributed by atoms with van der Waals surface area (Å²) in [7, 11) is 0. The first-order valence-corrected chi connectivity index (χ1v) is 6.78. The zero-order valence-electron chi connectivity index (χ0n) is 11.5. The molecule has 19 heavy (non-hydrogen) atoms. The van der Waals surface area contributed by atoms with Crippen molar-refractivity contribution >= 4 is 5.91 Å². The van der Waals surface area contributed by atoms with Crippen LogP contribution in [0, 0.1) is 6.92 Å². The summed E-state index contributed by atoms with van der Waals surface area (Å²) in [4.78, 5) is 11.9. The highest BCUT2D eigenvalue weighted by atomic mass is 16.5. The lowest BCUT2D eigenvalue weighted by Crippen LogP contribution is -2.40. The topological polar surface area (TPSA) is 47.6 Å². The van der Waals surface area contributed by atoms with Gasteiger partial charge < -0.3 is 14.8 Å². The van der Waals surface area contributed by atoms with E-state index in [0.29, 0.717) is 12.3 Å². The summed E-state index contributed by atoms with van der Waals surface area (Å²) >= 11 is 0. The summed E-state index contributed by atoms with van der Waals surface area (Å²) in [5.41, 5.74) is 1.17. The molecule has 2 rings (SSSR count). The highest BCUT2D eigenvalue weighted by Crippen LogP contribution is 2.14. The maximum absolute atomic E-state index is 11.9. The second-order valence-corrected chi connectivity index (χ2v) is 4.95. The largest absolute Gasteiger partial charge is 0.481 e. The molecule has 0 aromatic heterocycles. The van der Waals surface area contributed by atoms with Crippen molar-refractivity contribution in [3.63, 3.8) is 0 Å². The third-order valence-electron chi connectivity index (χ3n) is 3.23. The van der Waals surface area contributed by atoms with Crippen LogP contribution < -0.4 is 10.1 Å². The summed E-state index contributed by atoms with van der Waals surface area (Å²) in [5, 5.41) is 2.87. The van der Waals surface area contributed by atoms with Crippen molar-refractivity contribution in [1.82, 2.24) is 5.32 Å². The van der Waals surface area contributed by atoms with Crippen LogP contribution in [0.5, 0.6) is 5.75 Å². The van der Waals surface area contributed by atoms with Gasteiger partial charge in [0.2, 0.25) is 0 Å². The lowest BCUT2D eigenvalue weighted by Gasteiger charge is -2.16. The third kappa shape index (κ3) is 4.24. The van der Waals surface area contributed by atoms with Crippen molar-refractivity contribution in [2.75, 3.05) is 13.2 Å². The van der Waals surface area contributed by atoms with Crippen LogP contribution in [0.3, 0.4) is 0 Å². The Bertz CT molecular complexity index is 410. The van der Waals surface area contributed by atoms with Gasteiger partial charge in [0.1, 0.15) is 5.75 Å². The standard InChI is InChI=1S/C15H21NO3/c1-11-5-7-13(8-6-11)19-12(2)15(17)16-10-14-4-3-9-18-14/h5-8,12,14H,3-4,9-10H2,1-2H3,(H,16,17)/t12-,14+/m1/s1. The molecule has 4 heteroatoms. The average Bonchev–Trinajstić information content (AvgIpc) is 2.91. The van der Waals surface area contributed by atoms with Gasteiger partial charge in [-0.3, -0.25) is 4.79 Å². The minimum absolute atomic E-state index is 0.101. The molecular formula is C15H21NO3. The van der Waals surface area contributed by atoms with Crippen LogP contribution in [-0.4, -0.2) is 31.3 Å². The second kappa shape index (κ2) is 6.57. The van der Waals surface area contributed by atoms with Gasteiger partial charge in [-0.1, -0.05) is 17.7 Å². The van der Waals surface area contributed by atoms with Gasteiger partial charge in [0, 0.05) is 13.2 Å². The molecular weight excluding hydrogens is 242 g/mol. The van der Waals surface area contributed by atoms with E-state index in [0.717, 1.165) is 19.4 Å². The fourth-order valence-electron chi connectivity index (χ4n) is 2.04. The maximum atomic E-state index is 11.9. The van der Waals surface area contributed by atoms with Gasteiger partial charge in [0.05, 0.1) is 6.10 Å². The fourth-order valence-corrected chi connectivity index (χ4v) is 2.04. The predicted molar refractivity (Wildman–Crippen MR) is 73.3 cm³/mol. The van der Waals surface area contributed by atoms with Crippen molar-refractivity contribution in [2.45, 2.75) is 38.9 Å². The number of carbonyl (C=O) groups excluding carboxylic acids is 1. The van der Waals surface area contributed by atoms with Crippen LogP contribution in [0.15, 0.2) is 24.3 Å². The number of rotatable bonds is 5. The zero-order chi connectivity index (χ0) is 13.7. The molecule has 4 nitrogen and oxygen atoms in total. The van der Waals surface area contributed by atoms with Crippen LogP contribution in [0.1, 0.15) is 25.3 Å². The van der Waals surface area contributed by atoms with E-state index in [1.54, 1.807) is 6.92 Å². The first-order valence-electron chi connectivity index (χ1n) is 6.78. The van der Waals surface area contributed by atoms with Gasteiger partial charge in [-0.25, -0.2) is 0 Å². The molecule has 2 atom stereocenters. The molecule has 1 N–H and O–H groups in total. The monoisotopic (exact) mass is 263 g/mol. The minimum Gasteiger partial charge on any atom is -0.481 e. The van der Waals surface area contributed by atoms with Crippen LogP contribution in [0.25, 0.3) is 0 Å². The Kier molecular flexibility index (Phi) is 4.80. The van der Waals surface area contributed by atoms with Crippen molar-refractivity contribution in [3.8, 4) is 5.75 Å². The van der Waals surface area contributed by atoms with Gasteiger partial charge in [0.15, 0.2) is 6.10 Å². The molecule has 1 saturated heterocycles. The van der Waals surface area contributed by atoms with E-state index in [1.165, 1.54) is 5.56 Å². The van der Waals surface area contributed by atoms with Crippen LogP contribution in [0.4, 0.5) is 0 Å². The molecule has 0 spiro atoms. The lowest BCUT2D eigenvalue weighted by atomic mass is 10.2. The van der Waals surface area contributed by atoms with Gasteiger partial charge in [0.25, 0.3) is 5.91 Å². The van der Waals surface area contributed by atoms with Crippen molar-refractivity contribution < 1.29 is 14.3 Å². The smallest absolute Gasteiger partial charge is 0.260 e. The average molecular weight is 263 g/mol. The van der Waals surface area contributed by atoms with Gasteiger partial charge in [-0.05, 0) is 38.8 Å². The highest BCUT2D eigenvalue weighted by molar-refractivity contribution is 5.80. The summed E-state index contributed by atoms with van der Waals surface area (Å²) in [6.45, 7) is 5.14. The fraction of sp³-hybridized carbons (Fsp3) is 0.533. The molecule has 104 valence electrons. The molecule has 0 aliphatic carbocycles. The second-order valence-electron chi connectivity index (χ2n) is 4.95. The third-order valence-corrected chi connectivity index (χ3v) is 3.23. The van der Waals surface area contributed by atoms with E-state index in [9.17, 15) is 4.79 Å². The summed E-state index contributed by atoms with van der Waals surface area (Å²) in [6, 6.07) is 7.68. The number of nitrogens with one attached hydrogen (secondary N) is 1. The molecule has 1 aliphatic heterocycles. The van der Waals surface area contributed by atoms with Crippen LogP contribution in [0.2, 0.25) is 0 Å². The van der Waals surface area contributed by atoms with E-state index in [1.807, 2.05) is 31.2 Å². The number of ether oxygens (including phenoxy) is 2. The number of carbonyl (C=O) groups is 1. The summed E-state index contributed by atoms with van der Waals surface area (Å²) < 4.78 is 11.1. The maximum Gasteiger partial charge on any atom is 0.260 e. The highest BCUT2D eigenvalue weighted by Gasteiger charge is 2.19. The Morgan fingerprint density at radius 1 is 1.47 bits per heavy atom.